The molecule has 2 aromatic carbocycles. The van der Waals surface area contributed by atoms with E-state index in [1.807, 2.05) is 36.4 Å². The number of methoxy groups -OCH3 is 1. The molecule has 0 aliphatic carbocycles. The van der Waals surface area contributed by atoms with E-state index >= 15 is 0 Å². The van der Waals surface area contributed by atoms with E-state index in [0.717, 1.165) is 35.7 Å². The van der Waals surface area contributed by atoms with E-state index < -0.39 is 0 Å². The summed E-state index contributed by atoms with van der Waals surface area (Å²) in [4.78, 5) is 0. The minimum Gasteiger partial charge on any atom is -0.493 e. The topological polar surface area (TPSA) is 30.5 Å². The van der Waals surface area contributed by atoms with Gasteiger partial charge >= 0.3 is 0 Å². The summed E-state index contributed by atoms with van der Waals surface area (Å²) in [7, 11) is 1.67. The second-order valence-electron chi connectivity index (χ2n) is 6.07. The van der Waals surface area contributed by atoms with Crippen LogP contribution in [0.15, 0.2) is 42.5 Å². The molecule has 0 aromatic heterocycles. The number of hydrogen-bond donors (Lipinski definition) is 1. The van der Waals surface area contributed by atoms with Gasteiger partial charge in [-0.1, -0.05) is 68.1 Å². The minimum atomic E-state index is 0.420. The molecular weight excluding hydrogens is 334 g/mol. The summed E-state index contributed by atoms with van der Waals surface area (Å²) in [6.45, 7) is 4.43. The van der Waals surface area contributed by atoms with Gasteiger partial charge in [0.05, 0.1) is 7.11 Å². The highest BCUT2D eigenvalue weighted by molar-refractivity contribution is 6.31. The number of unbranched alkanes of at least 4 members (excludes halogenated alkanes) is 3. The molecule has 4 heteroatoms. The van der Waals surface area contributed by atoms with Crippen molar-refractivity contribution in [2.24, 2.45) is 0 Å². The molecule has 1 N–H and O–H groups in total. The molecule has 0 unspecified atom stereocenters. The van der Waals surface area contributed by atoms with E-state index in [0.29, 0.717) is 11.6 Å². The standard InChI is InChI=1S/C21H28ClNO2/c1-3-4-5-8-14-23-15-17-11-9-13-20(24-2)21(17)25-16-18-10-6-7-12-19(18)22/h6-7,9-13,23H,3-5,8,14-16H2,1-2H3. The van der Waals surface area contributed by atoms with Gasteiger partial charge in [0, 0.05) is 22.7 Å². The van der Waals surface area contributed by atoms with Gasteiger partial charge in [-0.2, -0.15) is 0 Å². The molecule has 0 saturated heterocycles. The molecule has 25 heavy (non-hydrogen) atoms. The molecule has 0 fully saturated rings. The van der Waals surface area contributed by atoms with Crippen LogP contribution < -0.4 is 14.8 Å². The van der Waals surface area contributed by atoms with Gasteiger partial charge in [-0.05, 0) is 25.1 Å². The maximum absolute atomic E-state index is 6.22. The van der Waals surface area contributed by atoms with Gasteiger partial charge in [0.15, 0.2) is 11.5 Å². The minimum absolute atomic E-state index is 0.420. The van der Waals surface area contributed by atoms with Gasteiger partial charge in [-0.15, -0.1) is 0 Å². The highest BCUT2D eigenvalue weighted by atomic mass is 35.5. The van der Waals surface area contributed by atoms with E-state index in [9.17, 15) is 0 Å². The Bertz CT molecular complexity index is 646. The number of para-hydroxylation sites is 1. The summed E-state index contributed by atoms with van der Waals surface area (Å²) in [5.74, 6) is 1.53. The molecule has 2 aromatic rings. The Kier molecular flexibility index (Phi) is 8.64. The first-order valence-corrected chi connectivity index (χ1v) is 9.36. The Labute approximate surface area is 156 Å². The van der Waals surface area contributed by atoms with E-state index in [1.54, 1.807) is 7.11 Å². The molecular formula is C21H28ClNO2. The Balaban J connectivity index is 1.98. The molecule has 0 saturated carbocycles. The quantitative estimate of drug-likeness (QED) is 0.528. The number of halogens is 1. The molecule has 0 amide bonds. The van der Waals surface area contributed by atoms with E-state index in [1.165, 1.54) is 25.7 Å². The fraction of sp³-hybridized carbons (Fsp3) is 0.429. The predicted molar refractivity (Wildman–Crippen MR) is 105 cm³/mol. The summed E-state index contributed by atoms with van der Waals surface area (Å²) in [5, 5.41) is 4.22. The van der Waals surface area contributed by atoms with Gasteiger partial charge in [0.2, 0.25) is 0 Å². The molecule has 0 aliphatic heterocycles. The molecule has 0 radical (unpaired) electrons. The van der Waals surface area contributed by atoms with Gasteiger partial charge in [0.1, 0.15) is 6.61 Å². The molecule has 0 spiro atoms. The molecule has 3 nitrogen and oxygen atoms in total. The van der Waals surface area contributed by atoms with Crippen LogP contribution in [-0.2, 0) is 13.2 Å². The lowest BCUT2D eigenvalue weighted by atomic mass is 10.1. The first-order chi connectivity index (χ1) is 12.3. The number of nitrogens with one attached hydrogen (secondary N) is 1. The number of rotatable bonds is 11. The maximum atomic E-state index is 6.22. The average molecular weight is 362 g/mol. The highest BCUT2D eigenvalue weighted by Gasteiger charge is 2.11. The van der Waals surface area contributed by atoms with Gasteiger partial charge in [0.25, 0.3) is 0 Å². The Morgan fingerprint density at radius 2 is 1.76 bits per heavy atom. The van der Waals surface area contributed by atoms with Crippen molar-refractivity contribution in [3.8, 4) is 11.5 Å². The van der Waals surface area contributed by atoms with Crippen LogP contribution in [0.3, 0.4) is 0 Å². The molecule has 0 heterocycles. The number of ether oxygens (including phenoxy) is 2. The molecule has 136 valence electrons. The van der Waals surface area contributed by atoms with Gasteiger partial charge in [-0.3, -0.25) is 0 Å². The summed E-state index contributed by atoms with van der Waals surface area (Å²) in [6, 6.07) is 13.7. The SMILES string of the molecule is CCCCCCNCc1cccc(OC)c1OCc1ccccc1Cl. The lowest BCUT2D eigenvalue weighted by Gasteiger charge is -2.16. The second-order valence-corrected chi connectivity index (χ2v) is 6.47. The Morgan fingerprint density at radius 1 is 0.960 bits per heavy atom. The fourth-order valence-corrected chi connectivity index (χ4v) is 2.88. The van der Waals surface area contributed by atoms with Crippen LogP contribution in [0.25, 0.3) is 0 Å². The Morgan fingerprint density at radius 3 is 2.52 bits per heavy atom. The highest BCUT2D eigenvalue weighted by Crippen LogP contribution is 2.32. The first kappa shape index (κ1) is 19.6. The van der Waals surface area contributed by atoms with Crippen molar-refractivity contribution < 1.29 is 9.47 Å². The summed E-state index contributed by atoms with van der Waals surface area (Å²) >= 11 is 6.22. The monoisotopic (exact) mass is 361 g/mol. The van der Waals surface area contributed by atoms with Crippen LogP contribution in [0.5, 0.6) is 11.5 Å². The summed E-state index contributed by atoms with van der Waals surface area (Å²) in [5.41, 5.74) is 2.07. The van der Waals surface area contributed by atoms with Crippen molar-refractivity contribution in [2.45, 2.75) is 45.8 Å². The molecule has 0 bridgehead atoms. The first-order valence-electron chi connectivity index (χ1n) is 8.99. The smallest absolute Gasteiger partial charge is 0.166 e. The van der Waals surface area contributed by atoms with Crippen LogP contribution in [0.2, 0.25) is 5.02 Å². The molecule has 2 rings (SSSR count). The van der Waals surface area contributed by atoms with E-state index in [-0.39, 0.29) is 0 Å². The summed E-state index contributed by atoms with van der Waals surface area (Å²) < 4.78 is 11.6. The average Bonchev–Trinajstić information content (AvgIpc) is 2.64. The van der Waals surface area contributed by atoms with Gasteiger partial charge in [-0.25, -0.2) is 0 Å². The third-order valence-electron chi connectivity index (χ3n) is 4.13. The van der Waals surface area contributed by atoms with Crippen LogP contribution >= 0.6 is 11.6 Å². The second kappa shape index (κ2) is 11.0. The largest absolute Gasteiger partial charge is 0.493 e. The molecule has 0 atom stereocenters. The number of hydrogen-bond acceptors (Lipinski definition) is 3. The molecule has 0 aliphatic rings. The van der Waals surface area contributed by atoms with E-state index in [2.05, 4.69) is 18.3 Å². The van der Waals surface area contributed by atoms with Crippen LogP contribution in [0.1, 0.15) is 43.7 Å². The van der Waals surface area contributed by atoms with Crippen LogP contribution in [0, 0.1) is 0 Å². The van der Waals surface area contributed by atoms with Crippen molar-refractivity contribution in [1.29, 1.82) is 0 Å². The van der Waals surface area contributed by atoms with Crippen molar-refractivity contribution in [3.05, 3.63) is 58.6 Å². The third kappa shape index (κ3) is 6.26. The lowest BCUT2D eigenvalue weighted by molar-refractivity contribution is 0.280. The van der Waals surface area contributed by atoms with Crippen molar-refractivity contribution in [1.82, 2.24) is 5.32 Å². The normalized spacial score (nSPS) is 10.7. The van der Waals surface area contributed by atoms with Crippen LogP contribution in [0.4, 0.5) is 0 Å². The number of benzene rings is 2. The zero-order valence-corrected chi connectivity index (χ0v) is 15.9. The third-order valence-corrected chi connectivity index (χ3v) is 4.50. The lowest BCUT2D eigenvalue weighted by Crippen LogP contribution is -2.15. The zero-order valence-electron chi connectivity index (χ0n) is 15.2. The van der Waals surface area contributed by atoms with E-state index in [4.69, 9.17) is 21.1 Å². The zero-order chi connectivity index (χ0) is 17.9. The van der Waals surface area contributed by atoms with Crippen molar-refractivity contribution in [2.75, 3.05) is 13.7 Å². The summed E-state index contributed by atoms with van der Waals surface area (Å²) in [6.07, 6.45) is 5.04. The predicted octanol–water partition coefficient (Wildman–Crippen LogP) is 5.60. The van der Waals surface area contributed by atoms with Crippen molar-refractivity contribution >= 4 is 11.6 Å². The Hall–Kier alpha value is -1.71. The van der Waals surface area contributed by atoms with Crippen molar-refractivity contribution in [3.63, 3.8) is 0 Å². The van der Waals surface area contributed by atoms with Gasteiger partial charge < -0.3 is 14.8 Å². The van der Waals surface area contributed by atoms with Crippen LogP contribution in [-0.4, -0.2) is 13.7 Å². The fourth-order valence-electron chi connectivity index (χ4n) is 2.69. The maximum Gasteiger partial charge on any atom is 0.166 e.